The molecule has 1 aromatic heterocycles. The van der Waals surface area contributed by atoms with Crippen LogP contribution in [0.3, 0.4) is 0 Å². The summed E-state index contributed by atoms with van der Waals surface area (Å²) in [6.07, 6.45) is 0. The molecule has 3 heterocycles. The van der Waals surface area contributed by atoms with Crippen LogP contribution < -0.4 is 5.32 Å². The Morgan fingerprint density at radius 1 is 1.47 bits per heavy atom. The van der Waals surface area contributed by atoms with Crippen molar-refractivity contribution in [1.82, 2.24) is 15.4 Å². The van der Waals surface area contributed by atoms with Crippen LogP contribution >= 0.6 is 0 Å². The van der Waals surface area contributed by atoms with E-state index in [1.165, 1.54) is 26.2 Å². The quantitative estimate of drug-likeness (QED) is 0.772. The van der Waals surface area contributed by atoms with E-state index in [4.69, 9.17) is 4.52 Å². The number of aromatic nitrogens is 1. The fourth-order valence-corrected chi connectivity index (χ4v) is 2.80. The molecule has 0 radical (unpaired) electrons. The van der Waals surface area contributed by atoms with E-state index in [1.807, 2.05) is 13.0 Å². The van der Waals surface area contributed by atoms with Crippen LogP contribution in [0.1, 0.15) is 11.5 Å². The van der Waals surface area contributed by atoms with Gasteiger partial charge in [0.05, 0.1) is 5.69 Å². The second-order valence-electron chi connectivity index (χ2n) is 4.80. The molecule has 0 aliphatic carbocycles. The van der Waals surface area contributed by atoms with Crippen molar-refractivity contribution in [2.45, 2.75) is 13.5 Å². The molecule has 2 aliphatic rings. The van der Waals surface area contributed by atoms with Gasteiger partial charge in [0, 0.05) is 25.7 Å². The molecule has 0 unspecified atom stereocenters. The van der Waals surface area contributed by atoms with Gasteiger partial charge in [0.1, 0.15) is 5.76 Å². The third-order valence-electron chi connectivity index (χ3n) is 3.53. The first-order valence-corrected chi connectivity index (χ1v) is 5.66. The summed E-state index contributed by atoms with van der Waals surface area (Å²) in [6.45, 7) is 7.70. The van der Waals surface area contributed by atoms with E-state index in [0.717, 1.165) is 29.8 Å². The minimum Gasteiger partial charge on any atom is -0.361 e. The zero-order chi connectivity index (χ0) is 10.3. The summed E-state index contributed by atoms with van der Waals surface area (Å²) in [6, 6.07) is 2.03. The SMILES string of the molecule is Cc1cc(CN2C[C@H]3CNC[C@H]3C2)no1. The zero-order valence-electron chi connectivity index (χ0n) is 9.07. The van der Waals surface area contributed by atoms with Crippen molar-refractivity contribution in [3.05, 3.63) is 17.5 Å². The molecule has 0 saturated carbocycles. The lowest BCUT2D eigenvalue weighted by Gasteiger charge is -2.14. The summed E-state index contributed by atoms with van der Waals surface area (Å²) in [7, 11) is 0. The molecular weight excluding hydrogens is 190 g/mol. The van der Waals surface area contributed by atoms with Crippen molar-refractivity contribution < 1.29 is 4.52 Å². The Bertz CT molecular complexity index is 337. The van der Waals surface area contributed by atoms with Gasteiger partial charge in [-0.15, -0.1) is 0 Å². The summed E-state index contributed by atoms with van der Waals surface area (Å²) >= 11 is 0. The second kappa shape index (κ2) is 3.61. The van der Waals surface area contributed by atoms with Crippen LogP contribution in [0.4, 0.5) is 0 Å². The van der Waals surface area contributed by atoms with E-state index in [0.29, 0.717) is 0 Å². The highest BCUT2D eigenvalue weighted by molar-refractivity contribution is 5.04. The Kier molecular flexibility index (Phi) is 2.25. The normalized spacial score (nSPS) is 31.0. The fraction of sp³-hybridized carbons (Fsp3) is 0.727. The average Bonchev–Trinajstić information content (AvgIpc) is 2.81. The molecule has 2 fully saturated rings. The van der Waals surface area contributed by atoms with Crippen LogP contribution in [0.25, 0.3) is 0 Å². The zero-order valence-corrected chi connectivity index (χ0v) is 9.07. The van der Waals surface area contributed by atoms with Crippen LogP contribution in [0, 0.1) is 18.8 Å². The van der Waals surface area contributed by atoms with Crippen molar-refractivity contribution in [3.63, 3.8) is 0 Å². The van der Waals surface area contributed by atoms with Crippen molar-refractivity contribution in [2.24, 2.45) is 11.8 Å². The number of nitrogens with one attached hydrogen (secondary N) is 1. The predicted molar refractivity (Wildman–Crippen MR) is 56.4 cm³/mol. The molecule has 0 bridgehead atoms. The van der Waals surface area contributed by atoms with Gasteiger partial charge in [-0.2, -0.15) is 0 Å². The lowest BCUT2D eigenvalue weighted by Crippen LogP contribution is -2.25. The van der Waals surface area contributed by atoms with E-state index in [-0.39, 0.29) is 0 Å². The smallest absolute Gasteiger partial charge is 0.133 e. The minimum atomic E-state index is 0.859. The highest BCUT2D eigenvalue weighted by Crippen LogP contribution is 2.27. The third-order valence-corrected chi connectivity index (χ3v) is 3.53. The van der Waals surface area contributed by atoms with Gasteiger partial charge in [-0.1, -0.05) is 5.16 Å². The van der Waals surface area contributed by atoms with Crippen molar-refractivity contribution in [1.29, 1.82) is 0 Å². The summed E-state index contributed by atoms with van der Waals surface area (Å²) in [4.78, 5) is 2.49. The molecule has 1 N–H and O–H groups in total. The Hall–Kier alpha value is -0.870. The molecule has 2 aliphatic heterocycles. The maximum Gasteiger partial charge on any atom is 0.133 e. The van der Waals surface area contributed by atoms with Crippen molar-refractivity contribution >= 4 is 0 Å². The molecule has 4 heteroatoms. The molecule has 82 valence electrons. The van der Waals surface area contributed by atoms with E-state index in [1.54, 1.807) is 0 Å². The van der Waals surface area contributed by atoms with Gasteiger partial charge in [0.15, 0.2) is 0 Å². The largest absolute Gasteiger partial charge is 0.361 e. The van der Waals surface area contributed by atoms with E-state index < -0.39 is 0 Å². The Labute approximate surface area is 89.6 Å². The first-order valence-electron chi connectivity index (χ1n) is 5.66. The Balaban J connectivity index is 1.61. The van der Waals surface area contributed by atoms with Gasteiger partial charge in [-0.05, 0) is 31.8 Å². The lowest BCUT2D eigenvalue weighted by molar-refractivity contribution is 0.291. The maximum absolute atomic E-state index is 5.08. The summed E-state index contributed by atoms with van der Waals surface area (Å²) < 4.78 is 5.08. The standard InChI is InChI=1S/C11H17N3O/c1-8-2-11(13-15-8)7-14-5-9-3-12-4-10(9)6-14/h2,9-10,12H,3-7H2,1H3/t9-,10+. The number of fused-ring (bicyclic) bond motifs is 1. The van der Waals surface area contributed by atoms with Gasteiger partial charge in [-0.3, -0.25) is 4.90 Å². The van der Waals surface area contributed by atoms with Gasteiger partial charge in [0.2, 0.25) is 0 Å². The van der Waals surface area contributed by atoms with Crippen molar-refractivity contribution in [2.75, 3.05) is 26.2 Å². The Morgan fingerprint density at radius 2 is 2.20 bits per heavy atom. The number of likely N-dealkylation sites (tertiary alicyclic amines) is 1. The highest BCUT2D eigenvalue weighted by atomic mass is 16.5. The van der Waals surface area contributed by atoms with Gasteiger partial charge >= 0.3 is 0 Å². The third kappa shape index (κ3) is 1.79. The maximum atomic E-state index is 5.08. The highest BCUT2D eigenvalue weighted by Gasteiger charge is 2.35. The monoisotopic (exact) mass is 207 g/mol. The molecule has 1 aromatic rings. The van der Waals surface area contributed by atoms with Gasteiger partial charge in [0.25, 0.3) is 0 Å². The first-order chi connectivity index (χ1) is 7.31. The number of hydrogen-bond acceptors (Lipinski definition) is 4. The minimum absolute atomic E-state index is 0.859. The molecule has 4 nitrogen and oxygen atoms in total. The van der Waals surface area contributed by atoms with Crippen LogP contribution in [0.15, 0.2) is 10.6 Å². The summed E-state index contributed by atoms with van der Waals surface area (Å²) in [5.41, 5.74) is 1.07. The van der Waals surface area contributed by atoms with Gasteiger partial charge in [-0.25, -0.2) is 0 Å². The van der Waals surface area contributed by atoms with Crippen LogP contribution in [0.2, 0.25) is 0 Å². The molecule has 0 amide bonds. The average molecular weight is 207 g/mol. The number of hydrogen-bond donors (Lipinski definition) is 1. The van der Waals surface area contributed by atoms with Crippen LogP contribution in [0.5, 0.6) is 0 Å². The fourth-order valence-electron chi connectivity index (χ4n) is 2.80. The molecule has 3 rings (SSSR count). The predicted octanol–water partition coefficient (Wildman–Crippen LogP) is 0.634. The van der Waals surface area contributed by atoms with Crippen LogP contribution in [-0.4, -0.2) is 36.2 Å². The first kappa shape index (κ1) is 9.36. The van der Waals surface area contributed by atoms with Gasteiger partial charge < -0.3 is 9.84 Å². The molecule has 2 saturated heterocycles. The number of nitrogens with zero attached hydrogens (tertiary/aromatic N) is 2. The van der Waals surface area contributed by atoms with E-state index >= 15 is 0 Å². The molecule has 2 atom stereocenters. The van der Waals surface area contributed by atoms with Crippen molar-refractivity contribution in [3.8, 4) is 0 Å². The van der Waals surface area contributed by atoms with E-state index in [2.05, 4.69) is 15.4 Å². The summed E-state index contributed by atoms with van der Waals surface area (Å²) in [5, 5.41) is 7.49. The Morgan fingerprint density at radius 3 is 2.80 bits per heavy atom. The molecular formula is C11H17N3O. The van der Waals surface area contributed by atoms with E-state index in [9.17, 15) is 0 Å². The van der Waals surface area contributed by atoms with Crippen LogP contribution in [-0.2, 0) is 6.54 Å². The number of aryl methyl sites for hydroxylation is 1. The second-order valence-corrected chi connectivity index (χ2v) is 4.80. The molecule has 15 heavy (non-hydrogen) atoms. The lowest BCUT2D eigenvalue weighted by atomic mass is 10.0. The summed E-state index contributed by atoms with van der Waals surface area (Å²) in [5.74, 6) is 2.63. The topological polar surface area (TPSA) is 41.3 Å². The molecule has 0 spiro atoms. The molecule has 0 aromatic carbocycles. The number of rotatable bonds is 2.